The van der Waals surface area contributed by atoms with E-state index >= 15 is 0 Å². The molecule has 0 aliphatic heterocycles. The summed E-state index contributed by atoms with van der Waals surface area (Å²) in [5.41, 5.74) is 3.70. The predicted molar refractivity (Wildman–Crippen MR) is 99.9 cm³/mol. The third-order valence-corrected chi connectivity index (χ3v) is 4.40. The number of nitrogens with zero attached hydrogens (tertiary/aromatic N) is 1. The number of hydrogen-bond acceptors (Lipinski definition) is 2. The van der Waals surface area contributed by atoms with E-state index in [9.17, 15) is 0 Å². The molecule has 3 rings (SSSR count). The first kappa shape index (κ1) is 16.2. The number of aryl methyl sites for hydroxylation is 1. The van der Waals surface area contributed by atoms with Gasteiger partial charge >= 0.3 is 0 Å². The topological polar surface area (TPSA) is 23.4 Å². The van der Waals surface area contributed by atoms with Crippen LogP contribution in [0.3, 0.4) is 0 Å². The Bertz CT molecular complexity index is 877. The number of para-hydroxylation sites is 1. The maximum Gasteiger partial charge on any atom is 0.161 e. The molecule has 0 aliphatic carbocycles. The van der Waals surface area contributed by atoms with Crippen molar-refractivity contribution < 1.29 is 9.47 Å². The van der Waals surface area contributed by atoms with Crippen molar-refractivity contribution in [3.05, 3.63) is 65.9 Å². The number of fused-ring (bicyclic) bond motifs is 1. The summed E-state index contributed by atoms with van der Waals surface area (Å²) < 4.78 is 12.8. The molecule has 1 aromatic heterocycles. The van der Waals surface area contributed by atoms with E-state index in [0.717, 1.165) is 17.1 Å². The molecule has 3 aromatic rings. The molecule has 0 saturated heterocycles. The fourth-order valence-corrected chi connectivity index (χ4v) is 3.05. The first-order valence-corrected chi connectivity index (χ1v) is 8.08. The van der Waals surface area contributed by atoms with E-state index in [0.29, 0.717) is 5.92 Å². The molecule has 1 unspecified atom stereocenters. The molecule has 3 heteroatoms. The summed E-state index contributed by atoms with van der Waals surface area (Å²) in [6, 6.07) is 14.5. The highest BCUT2D eigenvalue weighted by Gasteiger charge is 2.10. The summed E-state index contributed by atoms with van der Waals surface area (Å²) >= 11 is 0. The first-order valence-electron chi connectivity index (χ1n) is 8.08. The fourth-order valence-electron chi connectivity index (χ4n) is 3.05. The lowest BCUT2D eigenvalue weighted by molar-refractivity contribution is 0.355. The van der Waals surface area contributed by atoms with Crippen LogP contribution in [-0.4, -0.2) is 18.8 Å². The summed E-state index contributed by atoms with van der Waals surface area (Å²) in [5.74, 6) is 1.82. The summed E-state index contributed by atoms with van der Waals surface area (Å²) in [6.07, 6.45) is 6.58. The van der Waals surface area contributed by atoms with Crippen molar-refractivity contribution in [1.29, 1.82) is 0 Å². The number of methoxy groups -OCH3 is 2. The van der Waals surface area contributed by atoms with E-state index < -0.39 is 0 Å². The number of benzene rings is 2. The second kappa shape index (κ2) is 6.83. The number of ether oxygens (including phenoxy) is 2. The van der Waals surface area contributed by atoms with Crippen LogP contribution in [0.2, 0.25) is 0 Å². The largest absolute Gasteiger partial charge is 0.493 e. The molecular weight excluding hydrogens is 298 g/mol. The maximum atomic E-state index is 5.37. The third kappa shape index (κ3) is 3.02. The molecule has 1 atom stereocenters. The molecule has 2 aromatic carbocycles. The minimum Gasteiger partial charge on any atom is -0.493 e. The summed E-state index contributed by atoms with van der Waals surface area (Å²) in [5, 5.41) is 1.31. The second-order valence-electron chi connectivity index (χ2n) is 5.97. The van der Waals surface area contributed by atoms with Crippen molar-refractivity contribution in [3.63, 3.8) is 0 Å². The Hall–Kier alpha value is -2.68. The van der Waals surface area contributed by atoms with Gasteiger partial charge in [0.1, 0.15) is 0 Å². The van der Waals surface area contributed by atoms with Crippen molar-refractivity contribution >= 4 is 17.0 Å². The molecule has 124 valence electrons. The molecule has 24 heavy (non-hydrogen) atoms. The minimum atomic E-state index is 0.323. The average molecular weight is 321 g/mol. The zero-order valence-corrected chi connectivity index (χ0v) is 14.6. The van der Waals surface area contributed by atoms with Crippen LogP contribution in [0.4, 0.5) is 0 Å². The van der Waals surface area contributed by atoms with E-state index in [2.05, 4.69) is 61.2 Å². The van der Waals surface area contributed by atoms with Gasteiger partial charge in [-0.1, -0.05) is 43.3 Å². The Labute approximate surface area is 143 Å². The van der Waals surface area contributed by atoms with Crippen molar-refractivity contribution in [3.8, 4) is 11.5 Å². The van der Waals surface area contributed by atoms with Gasteiger partial charge in [0, 0.05) is 30.1 Å². The highest BCUT2D eigenvalue weighted by atomic mass is 16.5. The van der Waals surface area contributed by atoms with Gasteiger partial charge in [-0.2, -0.15) is 0 Å². The van der Waals surface area contributed by atoms with Crippen LogP contribution in [0.15, 0.2) is 54.7 Å². The molecule has 0 radical (unpaired) electrons. The molecule has 0 aliphatic rings. The van der Waals surface area contributed by atoms with E-state index in [4.69, 9.17) is 9.47 Å². The van der Waals surface area contributed by atoms with E-state index in [1.54, 1.807) is 14.2 Å². The van der Waals surface area contributed by atoms with Crippen molar-refractivity contribution in [2.24, 2.45) is 7.05 Å². The zero-order valence-electron chi connectivity index (χ0n) is 14.6. The zero-order chi connectivity index (χ0) is 17.1. The number of allylic oxidation sites excluding steroid dienone is 1. The highest BCUT2D eigenvalue weighted by Crippen LogP contribution is 2.30. The standard InChI is InChI=1S/C21H23NO2/c1-15(18-14-22(2)19-8-6-5-7-17(18)19)9-10-16-11-12-20(23-3)21(13-16)24-4/h5-15H,1-4H3/b10-9+. The van der Waals surface area contributed by atoms with Crippen LogP contribution < -0.4 is 9.47 Å². The molecule has 0 spiro atoms. The van der Waals surface area contributed by atoms with Crippen molar-refractivity contribution in [2.45, 2.75) is 12.8 Å². The first-order chi connectivity index (χ1) is 11.6. The number of rotatable bonds is 5. The van der Waals surface area contributed by atoms with Crippen LogP contribution in [0, 0.1) is 0 Å². The normalized spacial score (nSPS) is 12.7. The van der Waals surface area contributed by atoms with Gasteiger partial charge in [-0.3, -0.25) is 0 Å². The summed E-state index contributed by atoms with van der Waals surface area (Å²) in [4.78, 5) is 0. The van der Waals surface area contributed by atoms with Crippen molar-refractivity contribution in [2.75, 3.05) is 14.2 Å². The quantitative estimate of drug-likeness (QED) is 0.659. The number of hydrogen-bond donors (Lipinski definition) is 0. The molecule has 0 N–H and O–H groups in total. The van der Waals surface area contributed by atoms with E-state index in [1.165, 1.54) is 16.5 Å². The Kier molecular flexibility index (Phi) is 4.61. The van der Waals surface area contributed by atoms with Crippen LogP contribution in [0.5, 0.6) is 11.5 Å². The van der Waals surface area contributed by atoms with Gasteiger partial charge < -0.3 is 14.0 Å². The molecule has 0 fully saturated rings. The lowest BCUT2D eigenvalue weighted by atomic mass is 9.99. The lowest BCUT2D eigenvalue weighted by Gasteiger charge is -2.08. The molecular formula is C21H23NO2. The van der Waals surface area contributed by atoms with Gasteiger partial charge in [0.05, 0.1) is 14.2 Å². The van der Waals surface area contributed by atoms with Gasteiger partial charge in [0.25, 0.3) is 0 Å². The van der Waals surface area contributed by atoms with Crippen LogP contribution in [-0.2, 0) is 7.05 Å². The summed E-state index contributed by atoms with van der Waals surface area (Å²) in [6.45, 7) is 2.22. The van der Waals surface area contributed by atoms with Gasteiger partial charge in [0.2, 0.25) is 0 Å². The molecule has 0 amide bonds. The Balaban J connectivity index is 1.88. The SMILES string of the molecule is COc1ccc(/C=C/C(C)c2cn(C)c3ccccc23)cc1OC. The van der Waals surface area contributed by atoms with Crippen LogP contribution in [0.1, 0.15) is 24.0 Å². The van der Waals surface area contributed by atoms with Crippen molar-refractivity contribution in [1.82, 2.24) is 4.57 Å². The van der Waals surface area contributed by atoms with Gasteiger partial charge in [-0.15, -0.1) is 0 Å². The maximum absolute atomic E-state index is 5.37. The minimum absolute atomic E-state index is 0.323. The Morgan fingerprint density at radius 2 is 1.75 bits per heavy atom. The summed E-state index contributed by atoms with van der Waals surface area (Å²) in [7, 11) is 5.40. The number of aromatic nitrogens is 1. The average Bonchev–Trinajstić information content (AvgIpc) is 2.96. The van der Waals surface area contributed by atoms with E-state index in [1.807, 2.05) is 18.2 Å². The Morgan fingerprint density at radius 1 is 1.00 bits per heavy atom. The predicted octanol–water partition coefficient (Wildman–Crippen LogP) is 5.01. The third-order valence-electron chi connectivity index (χ3n) is 4.40. The van der Waals surface area contributed by atoms with Gasteiger partial charge in [0.15, 0.2) is 11.5 Å². The molecule has 0 saturated carbocycles. The molecule has 3 nitrogen and oxygen atoms in total. The fraction of sp³-hybridized carbons (Fsp3) is 0.238. The molecule has 1 heterocycles. The highest BCUT2D eigenvalue weighted by molar-refractivity contribution is 5.84. The molecule has 0 bridgehead atoms. The van der Waals surface area contributed by atoms with Gasteiger partial charge in [-0.25, -0.2) is 0 Å². The van der Waals surface area contributed by atoms with Gasteiger partial charge in [-0.05, 0) is 29.3 Å². The van der Waals surface area contributed by atoms with E-state index in [-0.39, 0.29) is 0 Å². The second-order valence-corrected chi connectivity index (χ2v) is 5.97. The monoisotopic (exact) mass is 321 g/mol. The smallest absolute Gasteiger partial charge is 0.161 e. The Morgan fingerprint density at radius 3 is 2.50 bits per heavy atom. The van der Waals surface area contributed by atoms with Crippen LogP contribution in [0.25, 0.3) is 17.0 Å². The van der Waals surface area contributed by atoms with Crippen LogP contribution >= 0.6 is 0 Å². The lowest BCUT2D eigenvalue weighted by Crippen LogP contribution is -1.91.